The zero-order chi connectivity index (χ0) is 20.6. The first-order chi connectivity index (χ1) is 13.8. The fourth-order valence-electron chi connectivity index (χ4n) is 3.62. The van der Waals surface area contributed by atoms with Crippen molar-refractivity contribution in [3.8, 4) is 10.7 Å². The molecule has 3 aromatic rings. The lowest BCUT2D eigenvalue weighted by molar-refractivity contribution is 0.0608. The minimum atomic E-state index is -0.894. The molecule has 4 heterocycles. The number of nitrogens with zero attached hydrogens (tertiary/aromatic N) is 4. The number of rotatable bonds is 4. The number of likely N-dealkylation sites (tertiary alicyclic amines) is 1. The van der Waals surface area contributed by atoms with Gasteiger partial charge in [-0.2, -0.15) is 4.37 Å². The quantitative estimate of drug-likeness (QED) is 0.670. The van der Waals surface area contributed by atoms with Gasteiger partial charge in [0.25, 0.3) is 5.91 Å². The van der Waals surface area contributed by atoms with Crippen molar-refractivity contribution in [1.29, 1.82) is 0 Å². The molecule has 0 spiro atoms. The van der Waals surface area contributed by atoms with Crippen molar-refractivity contribution >= 4 is 28.8 Å². The number of hydrogen-bond acceptors (Lipinski definition) is 7. The Morgan fingerprint density at radius 2 is 2.03 bits per heavy atom. The van der Waals surface area contributed by atoms with E-state index >= 15 is 0 Å². The Bertz CT molecular complexity index is 994. The maximum atomic E-state index is 13.4. The Labute approximate surface area is 178 Å². The average molecular weight is 429 g/mol. The first kappa shape index (κ1) is 20.1. The van der Waals surface area contributed by atoms with Crippen LogP contribution >= 0.6 is 22.9 Å². The first-order valence-corrected chi connectivity index (χ1v) is 11.3. The zero-order valence-corrected chi connectivity index (χ0v) is 18.3. The summed E-state index contributed by atoms with van der Waals surface area (Å²) in [4.78, 5) is 25.7. The number of thiophene rings is 1. The highest BCUT2D eigenvalue weighted by molar-refractivity contribution is 7.14. The van der Waals surface area contributed by atoms with Gasteiger partial charge in [-0.25, -0.2) is 9.97 Å². The van der Waals surface area contributed by atoms with Crippen molar-refractivity contribution in [2.24, 2.45) is 0 Å². The van der Waals surface area contributed by atoms with Gasteiger partial charge in [-0.15, -0.1) is 11.3 Å². The SMILES string of the molecule is C[C@@H]1CC[C@@H](c2cc(C(C)(C)O)sn2)CN1C(=O)c1ccsc1-c1ncccn1. The van der Waals surface area contributed by atoms with Gasteiger partial charge in [0, 0.05) is 30.9 Å². The molecule has 1 amide bonds. The van der Waals surface area contributed by atoms with E-state index in [9.17, 15) is 9.90 Å². The van der Waals surface area contributed by atoms with Crippen LogP contribution in [0.25, 0.3) is 10.7 Å². The standard InChI is InChI=1S/C21H24N4O2S2/c1-13-5-6-14(16-11-17(29-24-16)21(2,3)27)12-25(13)20(26)15-7-10-28-18(15)19-22-8-4-9-23-19/h4,7-11,13-14,27H,5-6,12H2,1-3H3/t13-,14-/m1/s1. The Morgan fingerprint density at radius 1 is 1.28 bits per heavy atom. The number of carbonyl (C=O) groups excluding carboxylic acids is 1. The van der Waals surface area contributed by atoms with E-state index in [1.165, 1.54) is 22.9 Å². The van der Waals surface area contributed by atoms with E-state index in [-0.39, 0.29) is 17.9 Å². The van der Waals surface area contributed by atoms with E-state index in [1.807, 2.05) is 22.4 Å². The van der Waals surface area contributed by atoms with Crippen LogP contribution in [0.2, 0.25) is 0 Å². The Kier molecular flexibility index (Phi) is 5.50. The van der Waals surface area contributed by atoms with Crippen molar-refractivity contribution in [3.63, 3.8) is 0 Å². The summed E-state index contributed by atoms with van der Waals surface area (Å²) in [7, 11) is 0. The molecule has 0 saturated carbocycles. The third kappa shape index (κ3) is 4.10. The average Bonchev–Trinajstić information content (AvgIpc) is 3.38. The smallest absolute Gasteiger partial charge is 0.255 e. The summed E-state index contributed by atoms with van der Waals surface area (Å²) in [6, 6.07) is 5.79. The second-order valence-electron chi connectivity index (χ2n) is 7.99. The molecule has 4 rings (SSSR count). The maximum Gasteiger partial charge on any atom is 0.255 e. The molecule has 0 radical (unpaired) electrons. The van der Waals surface area contributed by atoms with Gasteiger partial charge >= 0.3 is 0 Å². The van der Waals surface area contributed by atoms with Crippen molar-refractivity contribution in [3.05, 3.63) is 52.1 Å². The van der Waals surface area contributed by atoms with Crippen molar-refractivity contribution < 1.29 is 9.90 Å². The molecule has 0 bridgehead atoms. The van der Waals surface area contributed by atoms with Gasteiger partial charge in [0.15, 0.2) is 5.82 Å². The van der Waals surface area contributed by atoms with Crippen LogP contribution in [0, 0.1) is 0 Å². The lowest BCUT2D eigenvalue weighted by Crippen LogP contribution is -2.45. The van der Waals surface area contributed by atoms with Gasteiger partial charge in [-0.05, 0) is 68.7 Å². The summed E-state index contributed by atoms with van der Waals surface area (Å²) < 4.78 is 4.58. The van der Waals surface area contributed by atoms with Gasteiger partial charge in [0.2, 0.25) is 0 Å². The maximum absolute atomic E-state index is 13.4. The summed E-state index contributed by atoms with van der Waals surface area (Å²) in [6.45, 7) is 6.27. The van der Waals surface area contributed by atoms with Gasteiger partial charge in [-0.3, -0.25) is 4.79 Å². The minimum Gasteiger partial charge on any atom is -0.385 e. The third-order valence-electron chi connectivity index (χ3n) is 5.36. The number of aliphatic hydroxyl groups is 1. The van der Waals surface area contributed by atoms with Crippen LogP contribution in [-0.4, -0.2) is 42.8 Å². The van der Waals surface area contributed by atoms with Crippen LogP contribution in [0.5, 0.6) is 0 Å². The molecule has 6 nitrogen and oxygen atoms in total. The lowest BCUT2D eigenvalue weighted by atomic mass is 9.90. The van der Waals surface area contributed by atoms with Gasteiger partial charge in [0.1, 0.15) is 0 Å². The molecule has 0 aromatic carbocycles. The molecule has 1 fully saturated rings. The largest absolute Gasteiger partial charge is 0.385 e. The molecule has 1 saturated heterocycles. The van der Waals surface area contributed by atoms with Crippen molar-refractivity contribution in [2.75, 3.05) is 6.54 Å². The van der Waals surface area contributed by atoms with Crippen LogP contribution in [0.1, 0.15) is 60.5 Å². The number of amides is 1. The van der Waals surface area contributed by atoms with E-state index in [4.69, 9.17) is 0 Å². The molecule has 152 valence electrons. The van der Waals surface area contributed by atoms with Crippen LogP contribution in [-0.2, 0) is 5.60 Å². The second kappa shape index (κ2) is 7.93. The molecule has 8 heteroatoms. The van der Waals surface area contributed by atoms with Crippen LogP contribution in [0.3, 0.4) is 0 Å². The summed E-state index contributed by atoms with van der Waals surface area (Å²) >= 11 is 2.83. The zero-order valence-electron chi connectivity index (χ0n) is 16.7. The predicted octanol–water partition coefficient (Wildman–Crippen LogP) is 4.30. The molecule has 2 atom stereocenters. The summed E-state index contributed by atoms with van der Waals surface area (Å²) in [5, 5.41) is 12.2. The van der Waals surface area contributed by atoms with Crippen molar-refractivity contribution in [2.45, 2.75) is 51.2 Å². The molecule has 0 aliphatic carbocycles. The predicted molar refractivity (Wildman–Crippen MR) is 115 cm³/mol. The van der Waals surface area contributed by atoms with Gasteiger partial charge < -0.3 is 10.0 Å². The molecular formula is C21H24N4O2S2. The number of piperidine rings is 1. The van der Waals surface area contributed by atoms with Crippen LogP contribution in [0.15, 0.2) is 36.0 Å². The normalized spacial score (nSPS) is 20.1. The van der Waals surface area contributed by atoms with E-state index in [0.717, 1.165) is 28.3 Å². The summed E-state index contributed by atoms with van der Waals surface area (Å²) in [5.74, 6) is 0.780. The third-order valence-corrected chi connectivity index (χ3v) is 7.38. The van der Waals surface area contributed by atoms with Crippen LogP contribution < -0.4 is 0 Å². The van der Waals surface area contributed by atoms with Gasteiger partial charge in [0.05, 0.1) is 26.6 Å². The molecule has 3 aromatic heterocycles. The van der Waals surface area contributed by atoms with E-state index in [2.05, 4.69) is 21.3 Å². The minimum absolute atomic E-state index is 0.0174. The lowest BCUT2D eigenvalue weighted by Gasteiger charge is -2.37. The Morgan fingerprint density at radius 3 is 2.72 bits per heavy atom. The number of hydrogen-bond donors (Lipinski definition) is 1. The first-order valence-electron chi connectivity index (χ1n) is 9.70. The second-order valence-corrected chi connectivity index (χ2v) is 9.71. The van der Waals surface area contributed by atoms with Crippen LogP contribution in [0.4, 0.5) is 0 Å². The van der Waals surface area contributed by atoms with E-state index in [1.54, 1.807) is 32.3 Å². The summed E-state index contributed by atoms with van der Waals surface area (Å²) in [6.07, 6.45) is 5.29. The van der Waals surface area contributed by atoms with E-state index < -0.39 is 5.60 Å². The fourth-order valence-corrected chi connectivity index (χ4v) is 5.26. The summed E-state index contributed by atoms with van der Waals surface area (Å²) in [5.41, 5.74) is 0.729. The molecule has 29 heavy (non-hydrogen) atoms. The fraction of sp³-hybridized carbons (Fsp3) is 0.429. The monoisotopic (exact) mass is 428 g/mol. The van der Waals surface area contributed by atoms with Crippen molar-refractivity contribution in [1.82, 2.24) is 19.2 Å². The topological polar surface area (TPSA) is 79.2 Å². The highest BCUT2D eigenvalue weighted by Gasteiger charge is 2.33. The highest BCUT2D eigenvalue weighted by atomic mass is 32.1. The molecule has 0 unspecified atom stereocenters. The number of carbonyl (C=O) groups is 1. The molecular weight excluding hydrogens is 404 g/mol. The molecule has 1 aliphatic heterocycles. The molecule has 1 N–H and O–H groups in total. The van der Waals surface area contributed by atoms with Gasteiger partial charge in [-0.1, -0.05) is 0 Å². The highest BCUT2D eigenvalue weighted by Crippen LogP contribution is 2.35. The van der Waals surface area contributed by atoms with E-state index in [0.29, 0.717) is 17.9 Å². The Hall–Kier alpha value is -2.16. The number of aromatic nitrogens is 3. The molecule has 1 aliphatic rings. The Balaban J connectivity index is 1.58.